The molecule has 1 atom stereocenters. The lowest BCUT2D eigenvalue weighted by Gasteiger charge is -2.48. The molecule has 106 valence electrons. The van der Waals surface area contributed by atoms with Gasteiger partial charge in [-0.3, -0.25) is 4.21 Å². The molecule has 8 heteroatoms. The van der Waals surface area contributed by atoms with Crippen LogP contribution in [0.3, 0.4) is 0 Å². The van der Waals surface area contributed by atoms with Gasteiger partial charge in [-0.25, -0.2) is 0 Å². The predicted octanol–water partition coefficient (Wildman–Crippen LogP) is 4.26. The molecule has 1 unspecified atom stereocenters. The van der Waals surface area contributed by atoms with Crippen molar-refractivity contribution in [3.8, 4) is 0 Å². The van der Waals surface area contributed by atoms with Crippen LogP contribution in [0.5, 0.6) is 0 Å². The monoisotopic (exact) mass is 348 g/mol. The maximum Gasteiger partial charge on any atom is 0.208 e. The second-order valence-electron chi connectivity index (χ2n) is 4.41. The molecule has 20 heavy (non-hydrogen) atoms. The van der Waals surface area contributed by atoms with E-state index in [-0.39, 0.29) is 16.3 Å². The molecule has 0 bridgehead atoms. The summed E-state index contributed by atoms with van der Waals surface area (Å²) in [4.78, 5) is 0. The van der Waals surface area contributed by atoms with Gasteiger partial charge in [-0.1, -0.05) is 46.7 Å². The molecule has 0 fully saturated rings. The van der Waals surface area contributed by atoms with Crippen LogP contribution >= 0.6 is 46.5 Å². The Morgan fingerprint density at radius 3 is 2.50 bits per heavy atom. The van der Waals surface area contributed by atoms with Crippen molar-refractivity contribution in [3.05, 3.63) is 61.2 Å². The van der Waals surface area contributed by atoms with Crippen LogP contribution < -0.4 is 4.21 Å². The Balaban J connectivity index is 2.17. The van der Waals surface area contributed by atoms with E-state index < -0.39 is 9.82 Å². The van der Waals surface area contributed by atoms with Crippen LogP contribution in [-0.2, 0) is 5.60 Å². The summed E-state index contributed by atoms with van der Waals surface area (Å²) < 4.78 is -1.53. The summed E-state index contributed by atoms with van der Waals surface area (Å²) in [6, 6.07) is 8.14. The van der Waals surface area contributed by atoms with Gasteiger partial charge in [0.2, 0.25) is 5.00 Å². The summed E-state index contributed by atoms with van der Waals surface area (Å²) in [7, 11) is 0. The number of quaternary nitrogens is 1. The van der Waals surface area contributed by atoms with E-state index in [9.17, 15) is 15.5 Å². The second-order valence-corrected chi connectivity index (χ2v) is 7.53. The van der Waals surface area contributed by atoms with E-state index >= 15 is 0 Å². The number of hydrogen-bond donors (Lipinski definition) is 1. The lowest BCUT2D eigenvalue weighted by Crippen LogP contribution is -2.42. The van der Waals surface area contributed by atoms with Gasteiger partial charge < -0.3 is 15.5 Å². The first kappa shape index (κ1) is 14.6. The molecule has 1 N–H and O–H groups in total. The van der Waals surface area contributed by atoms with Gasteiger partial charge in [-0.2, -0.15) is 0 Å². The second kappa shape index (κ2) is 4.86. The molecule has 0 radical (unpaired) electrons. The van der Waals surface area contributed by atoms with Crippen molar-refractivity contribution in [2.75, 3.05) is 5.75 Å². The maximum absolute atomic E-state index is 11.9. The summed E-state index contributed by atoms with van der Waals surface area (Å²) >= 11 is 13.2. The molecule has 1 aliphatic rings. The third-order valence-electron chi connectivity index (χ3n) is 3.14. The largest absolute Gasteiger partial charge is 0.613 e. The number of hydrogen-bond acceptors (Lipinski definition) is 5. The minimum absolute atomic E-state index is 0.0244. The van der Waals surface area contributed by atoms with Crippen molar-refractivity contribution in [1.82, 2.24) is 4.21 Å². The van der Waals surface area contributed by atoms with Crippen LogP contribution in [0.25, 0.3) is 0 Å². The molecule has 2 aromatic rings. The van der Waals surface area contributed by atoms with Crippen molar-refractivity contribution in [3.63, 3.8) is 0 Å². The fraction of sp³-hybridized carbons (Fsp3) is 0.167. The van der Waals surface area contributed by atoms with Crippen LogP contribution in [-0.4, -0.2) is 10.9 Å². The lowest BCUT2D eigenvalue weighted by molar-refractivity contribution is 0.105. The van der Waals surface area contributed by atoms with Gasteiger partial charge in [0.15, 0.2) is 0 Å². The van der Waals surface area contributed by atoms with Crippen molar-refractivity contribution in [2.24, 2.45) is 0 Å². The zero-order valence-corrected chi connectivity index (χ0v) is 13.0. The molecule has 4 nitrogen and oxygen atoms in total. The van der Waals surface area contributed by atoms with E-state index in [2.05, 4.69) is 0 Å². The van der Waals surface area contributed by atoms with E-state index in [0.717, 1.165) is 11.3 Å². The number of nitrogens with zero attached hydrogens (tertiary/aromatic N) is 1. The molecular weight excluding hydrogens is 341 g/mol. The smallest absolute Gasteiger partial charge is 0.208 e. The lowest BCUT2D eigenvalue weighted by atomic mass is 9.89. The van der Waals surface area contributed by atoms with Crippen molar-refractivity contribution in [1.29, 1.82) is 0 Å². The highest BCUT2D eigenvalue weighted by molar-refractivity contribution is 7.99. The Bertz CT molecular complexity index is 659. The zero-order chi connectivity index (χ0) is 14.5. The zero-order valence-electron chi connectivity index (χ0n) is 9.88. The van der Waals surface area contributed by atoms with Crippen LogP contribution in [0.15, 0.2) is 30.3 Å². The third-order valence-corrected chi connectivity index (χ3v) is 5.89. The molecule has 0 spiro atoms. The number of rotatable bonds is 1. The number of benzene rings is 1. The molecule has 1 aromatic heterocycles. The van der Waals surface area contributed by atoms with Gasteiger partial charge in [0.05, 0.1) is 27.6 Å². The highest BCUT2D eigenvalue weighted by atomic mass is 35.5. The van der Waals surface area contributed by atoms with Crippen LogP contribution in [0, 0.1) is 10.4 Å². The highest BCUT2D eigenvalue weighted by Crippen LogP contribution is 2.53. The van der Waals surface area contributed by atoms with Crippen molar-refractivity contribution >= 4 is 51.5 Å². The average Bonchev–Trinajstić information content (AvgIpc) is 2.80. The molecule has 1 aromatic carbocycles. The van der Waals surface area contributed by atoms with E-state index in [1.807, 2.05) is 0 Å². The van der Waals surface area contributed by atoms with Crippen LogP contribution in [0.2, 0.25) is 9.36 Å². The minimum atomic E-state index is -1.83. The Morgan fingerprint density at radius 2 is 1.85 bits per heavy atom. The van der Waals surface area contributed by atoms with E-state index in [0.29, 0.717) is 26.9 Å². The molecule has 3 rings (SSSR count). The van der Waals surface area contributed by atoms with E-state index in [1.165, 1.54) is 6.07 Å². The normalized spacial score (nSPS) is 24.4. The van der Waals surface area contributed by atoms with Gasteiger partial charge in [-0.05, 0) is 23.8 Å². The summed E-state index contributed by atoms with van der Waals surface area (Å²) in [5.41, 5.74) is -0.562. The highest BCUT2D eigenvalue weighted by Gasteiger charge is 2.45. The molecule has 0 saturated carbocycles. The van der Waals surface area contributed by atoms with Gasteiger partial charge in [0.1, 0.15) is 5.60 Å². The standard InChI is InChI=1S/C12H8Cl2NO3S2/c13-8-3-1-7(2-4-8)12(16)6-19-15(17,18)11-9(12)5-10(14)20-11/h1-5,16H,6H2/q-1. The molecule has 0 saturated heterocycles. The third kappa shape index (κ3) is 2.26. The van der Waals surface area contributed by atoms with E-state index in [4.69, 9.17) is 23.2 Å². The number of aliphatic hydroxyl groups is 1. The number of fused-ring (bicyclic) bond motifs is 1. The average molecular weight is 349 g/mol. The summed E-state index contributed by atoms with van der Waals surface area (Å²) in [6.07, 6.45) is 0. The molecule has 1 aliphatic heterocycles. The fourth-order valence-electron chi connectivity index (χ4n) is 2.13. The quantitative estimate of drug-likeness (QED) is 0.475. The first-order valence-corrected chi connectivity index (χ1v) is 8.09. The number of thiophene rings is 1. The molecular formula is C12H8Cl2NO3S2-. The molecule has 0 aliphatic carbocycles. The minimum Gasteiger partial charge on any atom is -0.613 e. The number of halogens is 2. The SMILES string of the molecule is [O-][N+]1([O-])SCC(O)(c2ccc(Cl)cc2)c2cc(Cl)sc21. The van der Waals surface area contributed by atoms with Gasteiger partial charge in [-0.15, -0.1) is 0 Å². The van der Waals surface area contributed by atoms with Crippen LogP contribution in [0.1, 0.15) is 11.1 Å². The first-order chi connectivity index (χ1) is 9.33. The molecule has 2 heterocycles. The van der Waals surface area contributed by atoms with Gasteiger partial charge in [0, 0.05) is 5.02 Å². The first-order valence-electron chi connectivity index (χ1n) is 5.57. The van der Waals surface area contributed by atoms with E-state index in [1.54, 1.807) is 24.3 Å². The Kier molecular flexibility index (Phi) is 3.55. The topological polar surface area (TPSA) is 66.3 Å². The summed E-state index contributed by atoms with van der Waals surface area (Å²) in [5.74, 6) is -0.0400. The summed E-state index contributed by atoms with van der Waals surface area (Å²) in [6.45, 7) is 0. The fourth-order valence-corrected chi connectivity index (χ4v) is 4.56. The predicted molar refractivity (Wildman–Crippen MR) is 84.8 cm³/mol. The molecule has 0 amide bonds. The Labute approximate surface area is 133 Å². The Hall–Kier alpha value is -0.310. The Morgan fingerprint density at radius 1 is 1.20 bits per heavy atom. The summed E-state index contributed by atoms with van der Waals surface area (Å²) in [5, 5.41) is 35.2. The van der Waals surface area contributed by atoms with Crippen molar-refractivity contribution in [2.45, 2.75) is 5.60 Å². The van der Waals surface area contributed by atoms with Crippen molar-refractivity contribution < 1.29 is 5.11 Å². The van der Waals surface area contributed by atoms with Crippen LogP contribution in [0.4, 0.5) is 5.00 Å². The maximum atomic E-state index is 11.9. The van der Waals surface area contributed by atoms with Gasteiger partial charge >= 0.3 is 0 Å². The van der Waals surface area contributed by atoms with Gasteiger partial charge in [0.25, 0.3) is 0 Å².